The molecule has 0 bridgehead atoms. The van der Waals surface area contributed by atoms with Gasteiger partial charge in [0.05, 0.1) is 24.3 Å². The molecule has 4 nitrogen and oxygen atoms in total. The minimum atomic E-state index is -0.335. The molecule has 4 heteroatoms. The van der Waals surface area contributed by atoms with E-state index < -0.39 is 0 Å². The van der Waals surface area contributed by atoms with Gasteiger partial charge in [0.2, 0.25) is 0 Å². The van der Waals surface area contributed by atoms with Crippen molar-refractivity contribution in [1.82, 2.24) is 0 Å². The fourth-order valence-corrected chi connectivity index (χ4v) is 2.98. The second-order valence-electron chi connectivity index (χ2n) is 6.97. The molecule has 27 heavy (non-hydrogen) atoms. The third-order valence-electron chi connectivity index (χ3n) is 4.61. The van der Waals surface area contributed by atoms with Crippen LogP contribution in [0.2, 0.25) is 0 Å². The van der Waals surface area contributed by atoms with Crippen LogP contribution in [0.25, 0.3) is 0 Å². The quantitative estimate of drug-likeness (QED) is 0.290. The summed E-state index contributed by atoms with van der Waals surface area (Å²) in [6.07, 6.45) is 9.75. The third-order valence-corrected chi connectivity index (χ3v) is 4.61. The summed E-state index contributed by atoms with van der Waals surface area (Å²) in [4.78, 5) is 25.1. The van der Waals surface area contributed by atoms with Crippen molar-refractivity contribution in [2.75, 3.05) is 13.2 Å². The van der Waals surface area contributed by atoms with E-state index in [9.17, 15) is 9.59 Å². The first-order valence-corrected chi connectivity index (χ1v) is 10.6. The number of unbranched alkanes of at least 4 members (excludes halogenated alkanes) is 6. The van der Waals surface area contributed by atoms with E-state index in [2.05, 4.69) is 20.8 Å². The highest BCUT2D eigenvalue weighted by Gasteiger charge is 2.20. The second-order valence-corrected chi connectivity index (χ2v) is 6.97. The maximum Gasteiger partial charge on any atom is 0.338 e. The molecular formula is C23H36O4. The zero-order valence-corrected chi connectivity index (χ0v) is 17.4. The Morgan fingerprint density at radius 1 is 0.704 bits per heavy atom. The molecular weight excluding hydrogens is 340 g/mol. The first-order valence-electron chi connectivity index (χ1n) is 10.6. The number of rotatable bonds is 14. The van der Waals surface area contributed by atoms with Crippen molar-refractivity contribution in [3.8, 4) is 0 Å². The predicted molar refractivity (Wildman–Crippen MR) is 109 cm³/mol. The van der Waals surface area contributed by atoms with E-state index in [1.807, 2.05) is 0 Å². The minimum absolute atomic E-state index is 0.335. The molecule has 1 rings (SSSR count). The van der Waals surface area contributed by atoms with Gasteiger partial charge in [-0.05, 0) is 43.4 Å². The molecule has 0 aliphatic rings. The monoisotopic (exact) mass is 376 g/mol. The summed E-state index contributed by atoms with van der Waals surface area (Å²) in [5, 5.41) is 0. The van der Waals surface area contributed by atoms with E-state index >= 15 is 0 Å². The van der Waals surface area contributed by atoms with Gasteiger partial charge in [-0.1, -0.05) is 65.4 Å². The van der Waals surface area contributed by atoms with Crippen molar-refractivity contribution in [3.05, 3.63) is 34.9 Å². The summed E-state index contributed by atoms with van der Waals surface area (Å²) in [5.74, 6) is -0.670. The van der Waals surface area contributed by atoms with Gasteiger partial charge in [0.25, 0.3) is 0 Å². The van der Waals surface area contributed by atoms with Crippen LogP contribution < -0.4 is 0 Å². The van der Waals surface area contributed by atoms with Crippen LogP contribution in [-0.4, -0.2) is 25.2 Å². The molecule has 1 aromatic rings. The van der Waals surface area contributed by atoms with Crippen molar-refractivity contribution >= 4 is 11.9 Å². The molecule has 0 saturated carbocycles. The lowest BCUT2D eigenvalue weighted by Crippen LogP contribution is -2.15. The smallest absolute Gasteiger partial charge is 0.338 e. The Morgan fingerprint density at radius 2 is 1.15 bits per heavy atom. The molecule has 0 aromatic heterocycles. The Hall–Kier alpha value is -1.84. The van der Waals surface area contributed by atoms with E-state index in [-0.39, 0.29) is 11.9 Å². The summed E-state index contributed by atoms with van der Waals surface area (Å²) in [7, 11) is 0. The number of hydrogen-bond acceptors (Lipinski definition) is 4. The van der Waals surface area contributed by atoms with Gasteiger partial charge in [-0.2, -0.15) is 0 Å². The van der Waals surface area contributed by atoms with Gasteiger partial charge in [0.15, 0.2) is 0 Å². The van der Waals surface area contributed by atoms with Gasteiger partial charge in [-0.3, -0.25) is 0 Å². The summed E-state index contributed by atoms with van der Waals surface area (Å²) in [5.41, 5.74) is 1.78. The second kappa shape index (κ2) is 14.2. The van der Waals surface area contributed by atoms with Crippen LogP contribution in [0.3, 0.4) is 0 Å². The first kappa shape index (κ1) is 23.2. The largest absolute Gasteiger partial charge is 0.462 e. The summed E-state index contributed by atoms with van der Waals surface area (Å²) in [6.45, 7) is 7.21. The van der Waals surface area contributed by atoms with Crippen molar-refractivity contribution in [3.63, 3.8) is 0 Å². The van der Waals surface area contributed by atoms with Crippen LogP contribution in [0.1, 0.15) is 105 Å². The van der Waals surface area contributed by atoms with E-state index in [1.54, 1.807) is 18.2 Å². The van der Waals surface area contributed by atoms with Gasteiger partial charge >= 0.3 is 11.9 Å². The highest BCUT2D eigenvalue weighted by Crippen LogP contribution is 2.21. The Morgan fingerprint density at radius 3 is 1.59 bits per heavy atom. The molecule has 0 amide bonds. The van der Waals surface area contributed by atoms with Gasteiger partial charge in [-0.15, -0.1) is 0 Å². The lowest BCUT2D eigenvalue weighted by atomic mass is 9.95. The normalized spacial score (nSPS) is 10.6. The number of hydrogen-bond donors (Lipinski definition) is 0. The lowest BCUT2D eigenvalue weighted by molar-refractivity contribution is 0.0494. The zero-order chi connectivity index (χ0) is 19.9. The highest BCUT2D eigenvalue weighted by atomic mass is 16.5. The maximum absolute atomic E-state index is 12.6. The van der Waals surface area contributed by atoms with Gasteiger partial charge in [0, 0.05) is 0 Å². The maximum atomic E-state index is 12.6. The highest BCUT2D eigenvalue weighted by molar-refractivity contribution is 5.98. The van der Waals surface area contributed by atoms with E-state index in [4.69, 9.17) is 9.47 Å². The average Bonchev–Trinajstić information content (AvgIpc) is 2.68. The molecule has 0 heterocycles. The van der Waals surface area contributed by atoms with Crippen LogP contribution in [0.5, 0.6) is 0 Å². The number of ether oxygens (including phenoxy) is 2. The molecule has 0 N–H and O–H groups in total. The SMILES string of the molecule is CCCCCOC(=O)c1cccc(C(=O)OCCCCC)c1CCCCC. The molecule has 0 fully saturated rings. The molecule has 0 saturated heterocycles. The van der Waals surface area contributed by atoms with Crippen LogP contribution >= 0.6 is 0 Å². The molecule has 0 radical (unpaired) electrons. The fraction of sp³-hybridized carbons (Fsp3) is 0.652. The summed E-state index contributed by atoms with van der Waals surface area (Å²) < 4.78 is 10.9. The van der Waals surface area contributed by atoms with Crippen LogP contribution in [0.15, 0.2) is 18.2 Å². The Labute approximate surface area is 164 Å². The van der Waals surface area contributed by atoms with Crippen molar-refractivity contribution in [2.45, 2.75) is 85.0 Å². The first-order chi connectivity index (χ1) is 13.2. The molecule has 152 valence electrons. The lowest BCUT2D eigenvalue weighted by Gasteiger charge is -2.14. The fourth-order valence-electron chi connectivity index (χ4n) is 2.98. The topological polar surface area (TPSA) is 52.6 Å². The number of esters is 2. The van der Waals surface area contributed by atoms with Crippen molar-refractivity contribution in [1.29, 1.82) is 0 Å². The van der Waals surface area contributed by atoms with Crippen LogP contribution in [0.4, 0.5) is 0 Å². The molecule has 0 aliphatic heterocycles. The van der Waals surface area contributed by atoms with Crippen molar-refractivity contribution < 1.29 is 19.1 Å². The molecule has 0 atom stereocenters. The third kappa shape index (κ3) is 8.59. The number of carbonyl (C=O) groups is 2. The van der Waals surface area contributed by atoms with E-state index in [1.165, 1.54) is 0 Å². The number of carbonyl (C=O) groups excluding carboxylic acids is 2. The van der Waals surface area contributed by atoms with Crippen molar-refractivity contribution in [2.24, 2.45) is 0 Å². The van der Waals surface area contributed by atoms with E-state index in [0.717, 1.165) is 63.4 Å². The molecule has 1 aromatic carbocycles. The summed E-state index contributed by atoms with van der Waals surface area (Å²) in [6, 6.07) is 5.27. The molecule has 0 aliphatic carbocycles. The standard InChI is InChI=1S/C23H36O4/c1-4-7-10-14-19-20(22(24)26-17-11-8-5-2)15-13-16-21(19)23(25)27-18-12-9-6-3/h13,15-16H,4-12,14,17-18H2,1-3H3. The van der Waals surface area contributed by atoms with Gasteiger partial charge in [-0.25, -0.2) is 9.59 Å². The summed E-state index contributed by atoms with van der Waals surface area (Å²) >= 11 is 0. The number of benzene rings is 1. The van der Waals surface area contributed by atoms with Crippen LogP contribution in [0, 0.1) is 0 Å². The predicted octanol–water partition coefficient (Wildman–Crippen LogP) is 6.11. The van der Waals surface area contributed by atoms with Gasteiger partial charge < -0.3 is 9.47 Å². The Bertz CT molecular complexity index is 523. The zero-order valence-electron chi connectivity index (χ0n) is 17.4. The van der Waals surface area contributed by atoms with Gasteiger partial charge in [0.1, 0.15) is 0 Å². The minimum Gasteiger partial charge on any atom is -0.462 e. The van der Waals surface area contributed by atoms with E-state index in [0.29, 0.717) is 30.8 Å². The van der Waals surface area contributed by atoms with Crippen LogP contribution in [-0.2, 0) is 15.9 Å². The Kier molecular flexibility index (Phi) is 12.2. The molecule has 0 unspecified atom stereocenters. The Balaban J connectivity index is 2.90. The average molecular weight is 377 g/mol. The molecule has 0 spiro atoms.